The summed E-state index contributed by atoms with van der Waals surface area (Å²) in [6.07, 6.45) is 2.35. The molecule has 19 heavy (non-hydrogen) atoms. The van der Waals surface area contributed by atoms with Crippen molar-refractivity contribution in [2.45, 2.75) is 4.90 Å². The van der Waals surface area contributed by atoms with Crippen LogP contribution in [0.25, 0.3) is 0 Å². The van der Waals surface area contributed by atoms with Crippen molar-refractivity contribution in [1.29, 1.82) is 0 Å². The summed E-state index contributed by atoms with van der Waals surface area (Å²) in [4.78, 5) is 7.74. The van der Waals surface area contributed by atoms with Gasteiger partial charge < -0.3 is 10.5 Å². The van der Waals surface area contributed by atoms with Crippen LogP contribution in [0, 0.1) is 0 Å². The smallest absolute Gasteiger partial charge is 0.247 e. The Morgan fingerprint density at radius 3 is 2.42 bits per heavy atom. The minimum Gasteiger partial charge on any atom is -0.437 e. The van der Waals surface area contributed by atoms with Crippen LogP contribution in [0.1, 0.15) is 0 Å². The zero-order valence-electron chi connectivity index (χ0n) is 9.87. The molecule has 8 heteroatoms. The van der Waals surface area contributed by atoms with Gasteiger partial charge in [0.25, 0.3) is 0 Å². The van der Waals surface area contributed by atoms with Gasteiger partial charge in [0.05, 0.1) is 4.90 Å². The summed E-state index contributed by atoms with van der Waals surface area (Å²) in [6, 6.07) is 5.88. The lowest BCUT2D eigenvalue weighted by atomic mass is 10.3. The van der Waals surface area contributed by atoms with E-state index in [1.54, 1.807) is 0 Å². The van der Waals surface area contributed by atoms with E-state index in [1.807, 2.05) is 0 Å². The van der Waals surface area contributed by atoms with Crippen LogP contribution < -0.4 is 10.5 Å². The molecule has 0 amide bonds. The highest BCUT2D eigenvalue weighted by molar-refractivity contribution is 7.90. The molecule has 0 aliphatic heterocycles. The summed E-state index contributed by atoms with van der Waals surface area (Å²) in [7, 11) is -3.23. The molecule has 1 aromatic carbocycles. The lowest BCUT2D eigenvalue weighted by molar-refractivity contribution is 0.464. The van der Waals surface area contributed by atoms with Gasteiger partial charge in [0.2, 0.25) is 5.88 Å². The number of aromatic nitrogens is 2. The zero-order chi connectivity index (χ0) is 14.0. The van der Waals surface area contributed by atoms with Gasteiger partial charge in [-0.1, -0.05) is 11.6 Å². The summed E-state index contributed by atoms with van der Waals surface area (Å²) < 4.78 is 28.0. The van der Waals surface area contributed by atoms with Gasteiger partial charge in [-0.2, -0.15) is 4.98 Å². The normalized spacial score (nSPS) is 11.3. The van der Waals surface area contributed by atoms with E-state index < -0.39 is 9.84 Å². The summed E-state index contributed by atoms with van der Waals surface area (Å²) in [5, 5.41) is 0.0951. The highest BCUT2D eigenvalue weighted by Crippen LogP contribution is 2.29. The third kappa shape index (κ3) is 3.12. The Bertz CT molecular complexity index is 702. The highest BCUT2D eigenvalue weighted by atomic mass is 35.5. The van der Waals surface area contributed by atoms with Gasteiger partial charge in [-0.3, -0.25) is 0 Å². The molecule has 0 aliphatic carbocycles. The van der Waals surface area contributed by atoms with E-state index in [1.165, 1.54) is 30.6 Å². The summed E-state index contributed by atoms with van der Waals surface area (Å²) in [6.45, 7) is 0. The van der Waals surface area contributed by atoms with Crippen molar-refractivity contribution in [2.75, 3.05) is 12.0 Å². The molecule has 1 heterocycles. The molecule has 2 rings (SSSR count). The first-order valence-electron chi connectivity index (χ1n) is 5.12. The quantitative estimate of drug-likeness (QED) is 0.870. The summed E-state index contributed by atoms with van der Waals surface area (Å²) in [5.74, 6) is 0.515. The molecule has 0 bridgehead atoms. The lowest BCUT2D eigenvalue weighted by Crippen LogP contribution is -1.99. The molecule has 0 fully saturated rings. The maximum atomic E-state index is 11.3. The average molecular weight is 300 g/mol. The molecule has 6 nitrogen and oxygen atoms in total. The molecule has 0 spiro atoms. The van der Waals surface area contributed by atoms with Gasteiger partial charge >= 0.3 is 0 Å². The van der Waals surface area contributed by atoms with Crippen LogP contribution in [0.5, 0.6) is 11.6 Å². The van der Waals surface area contributed by atoms with E-state index in [4.69, 9.17) is 22.1 Å². The minimum absolute atomic E-state index is 0.0951. The molecule has 2 aromatic rings. The van der Waals surface area contributed by atoms with E-state index >= 15 is 0 Å². The molecule has 1 aromatic heterocycles. The number of nitrogens with zero attached hydrogens (tertiary/aromatic N) is 2. The van der Waals surface area contributed by atoms with Crippen LogP contribution in [0.4, 0.5) is 5.69 Å². The monoisotopic (exact) mass is 299 g/mol. The Labute approximate surface area is 115 Å². The van der Waals surface area contributed by atoms with Crippen molar-refractivity contribution in [1.82, 2.24) is 9.97 Å². The third-order valence-corrected chi connectivity index (χ3v) is 3.69. The molecule has 0 atom stereocenters. The number of sulfone groups is 1. The minimum atomic E-state index is -3.23. The molecule has 2 N–H and O–H groups in total. The van der Waals surface area contributed by atoms with Crippen LogP contribution in [0.3, 0.4) is 0 Å². The van der Waals surface area contributed by atoms with Crippen molar-refractivity contribution >= 4 is 27.1 Å². The van der Waals surface area contributed by atoms with Crippen LogP contribution in [0.15, 0.2) is 35.5 Å². The molecule has 0 saturated carbocycles. The number of nitrogens with two attached hydrogens (primary N) is 1. The van der Waals surface area contributed by atoms with Crippen LogP contribution in [-0.2, 0) is 9.84 Å². The third-order valence-electron chi connectivity index (χ3n) is 2.27. The Balaban J connectivity index is 2.27. The maximum Gasteiger partial charge on any atom is 0.247 e. The van der Waals surface area contributed by atoms with Crippen molar-refractivity contribution in [3.8, 4) is 11.6 Å². The van der Waals surface area contributed by atoms with Crippen LogP contribution >= 0.6 is 11.6 Å². The molecular weight excluding hydrogens is 290 g/mol. The Hall–Kier alpha value is -1.86. The van der Waals surface area contributed by atoms with Crippen molar-refractivity contribution in [3.05, 3.63) is 35.7 Å². The molecule has 0 saturated heterocycles. The maximum absolute atomic E-state index is 11.3. The van der Waals surface area contributed by atoms with Crippen LogP contribution in [0.2, 0.25) is 5.15 Å². The Morgan fingerprint density at radius 1 is 1.21 bits per heavy atom. The molecular formula is C11H10ClN3O3S. The Kier molecular flexibility index (Phi) is 3.59. The molecule has 100 valence electrons. The number of ether oxygens (including phenoxy) is 1. The number of benzene rings is 1. The predicted molar refractivity (Wildman–Crippen MR) is 71.1 cm³/mol. The fourth-order valence-corrected chi connectivity index (χ4v) is 2.06. The fraction of sp³-hybridized carbons (Fsp3) is 0.0909. The summed E-state index contributed by atoms with van der Waals surface area (Å²) >= 11 is 5.73. The van der Waals surface area contributed by atoms with Gasteiger partial charge in [-0.25, -0.2) is 13.4 Å². The fourth-order valence-electron chi connectivity index (χ4n) is 1.31. The number of anilines is 1. The first-order valence-corrected chi connectivity index (χ1v) is 7.39. The van der Waals surface area contributed by atoms with Crippen molar-refractivity contribution < 1.29 is 13.2 Å². The molecule has 0 unspecified atom stereocenters. The van der Waals surface area contributed by atoms with Crippen molar-refractivity contribution in [2.24, 2.45) is 0 Å². The van der Waals surface area contributed by atoms with Gasteiger partial charge in [0.15, 0.2) is 15.0 Å². The van der Waals surface area contributed by atoms with E-state index in [-0.39, 0.29) is 21.6 Å². The first-order chi connectivity index (χ1) is 8.88. The second-order valence-electron chi connectivity index (χ2n) is 3.73. The van der Waals surface area contributed by atoms with Gasteiger partial charge in [-0.15, -0.1) is 0 Å². The number of nitrogen functional groups attached to an aromatic ring is 1. The first kappa shape index (κ1) is 13.6. The van der Waals surface area contributed by atoms with Gasteiger partial charge in [-0.05, 0) is 24.3 Å². The van der Waals surface area contributed by atoms with E-state index in [2.05, 4.69) is 9.97 Å². The molecule has 0 aliphatic rings. The van der Waals surface area contributed by atoms with E-state index in [0.717, 1.165) is 6.26 Å². The number of halogens is 1. The number of hydrogen-bond acceptors (Lipinski definition) is 6. The van der Waals surface area contributed by atoms with Crippen molar-refractivity contribution in [3.63, 3.8) is 0 Å². The Morgan fingerprint density at radius 2 is 1.84 bits per heavy atom. The van der Waals surface area contributed by atoms with E-state index in [9.17, 15) is 8.42 Å². The van der Waals surface area contributed by atoms with Crippen LogP contribution in [-0.4, -0.2) is 24.6 Å². The number of hydrogen-bond donors (Lipinski definition) is 1. The van der Waals surface area contributed by atoms with E-state index in [0.29, 0.717) is 5.75 Å². The highest BCUT2D eigenvalue weighted by Gasteiger charge is 2.10. The molecule has 0 radical (unpaired) electrons. The SMILES string of the molecule is CS(=O)(=O)c1ccc(Oc2ncnc(Cl)c2N)cc1. The lowest BCUT2D eigenvalue weighted by Gasteiger charge is -2.07. The van der Waals surface area contributed by atoms with Gasteiger partial charge in [0.1, 0.15) is 17.8 Å². The summed E-state index contributed by atoms with van der Waals surface area (Å²) in [5.41, 5.74) is 5.77. The number of rotatable bonds is 3. The second-order valence-corrected chi connectivity index (χ2v) is 6.10. The largest absolute Gasteiger partial charge is 0.437 e. The second kappa shape index (κ2) is 5.02. The average Bonchev–Trinajstić information content (AvgIpc) is 2.35. The predicted octanol–water partition coefficient (Wildman–Crippen LogP) is 1.91. The standard InChI is InChI=1S/C11H10ClN3O3S/c1-19(16,17)8-4-2-7(3-5-8)18-11-9(13)10(12)14-6-15-11/h2-6H,13H2,1H3. The topological polar surface area (TPSA) is 95.2 Å². The zero-order valence-corrected chi connectivity index (χ0v) is 11.4. The van der Waals surface area contributed by atoms with Gasteiger partial charge in [0, 0.05) is 6.26 Å².